The first-order valence-corrected chi connectivity index (χ1v) is 9.99. The van der Waals surface area contributed by atoms with E-state index in [-0.39, 0.29) is 13.0 Å². The fraction of sp³-hybridized carbons (Fsp3) is 0.714. The number of amides is 1. The third-order valence-corrected chi connectivity index (χ3v) is 8.04. The molecule has 0 aromatic rings. The minimum Gasteiger partial charge on any atom is -0.465 e. The van der Waals surface area contributed by atoms with E-state index in [1.54, 1.807) is 26.0 Å². The zero-order valence-corrected chi connectivity index (χ0v) is 17.5. The van der Waals surface area contributed by atoms with Crippen molar-refractivity contribution in [2.24, 2.45) is 34.8 Å². The van der Waals surface area contributed by atoms with Crippen molar-refractivity contribution in [3.8, 4) is 0 Å². The summed E-state index contributed by atoms with van der Waals surface area (Å²) in [5.41, 5.74) is -0.542. The molecule has 8 atom stereocenters. The van der Waals surface area contributed by atoms with Crippen molar-refractivity contribution < 1.29 is 40.2 Å². The molecule has 4 aliphatic rings. The highest BCUT2D eigenvalue weighted by Gasteiger charge is 2.84. The molecule has 0 radical (unpaired) electrons. The van der Waals surface area contributed by atoms with E-state index in [9.17, 15) is 30.3 Å². The molecule has 0 heterocycles. The number of fused-ring (bicyclic) bond motifs is 5. The third-order valence-electron chi connectivity index (χ3n) is 8.04. The predicted molar refractivity (Wildman–Crippen MR) is 105 cm³/mol. The van der Waals surface area contributed by atoms with E-state index in [0.29, 0.717) is 11.1 Å². The molecule has 8 N–H and O–H groups in total. The summed E-state index contributed by atoms with van der Waals surface area (Å²) in [6.45, 7) is 6.63. The van der Waals surface area contributed by atoms with Gasteiger partial charge in [-0.05, 0) is 18.1 Å². The number of carboxylic acid groups (broad SMARTS) is 1. The summed E-state index contributed by atoms with van der Waals surface area (Å²) in [6, 6.07) is 0. The SMILES string of the molecule is CC1=C[C@H]2[C@]3(O)[C@H](C)[C@@H](O)[C@@]4(O)[C@H]([C@@H]3C=C(CO)C[C@@]2(O)C1=O)C4(C)C.NC(=O)O. The van der Waals surface area contributed by atoms with E-state index >= 15 is 0 Å². The number of carbonyl (C=O) groups is 2. The Bertz CT molecular complexity index is 846. The molecule has 2 saturated carbocycles. The molecule has 1 amide bonds. The van der Waals surface area contributed by atoms with Crippen LogP contribution in [0.25, 0.3) is 0 Å². The average Bonchev–Trinajstić information content (AvgIpc) is 3.04. The highest BCUT2D eigenvalue weighted by Crippen LogP contribution is 2.74. The van der Waals surface area contributed by atoms with Gasteiger partial charge in [-0.25, -0.2) is 4.79 Å². The molecule has 0 unspecified atom stereocenters. The molecule has 0 bridgehead atoms. The van der Waals surface area contributed by atoms with Crippen LogP contribution in [-0.2, 0) is 4.79 Å². The standard InChI is InChI=1S/C20H28O6.CH3NO2/c1-9-5-13-18(24,15(9)22)7-11(8-21)6-12-14-17(3,4)20(14,26)16(23)10(2)19(12,13)25;2-1(3)4/h5-6,10,12-14,16,21,23-26H,7-8H2,1-4H3;2H2,(H,3,4)/t10-,12+,13-,14-,16-,18+,19+,20+;/m1./s1. The van der Waals surface area contributed by atoms with E-state index in [1.807, 2.05) is 13.8 Å². The van der Waals surface area contributed by atoms with Crippen molar-refractivity contribution >= 4 is 11.9 Å². The van der Waals surface area contributed by atoms with Crippen molar-refractivity contribution in [2.75, 3.05) is 6.61 Å². The predicted octanol–water partition coefficient (Wildman–Crippen LogP) is -0.447. The van der Waals surface area contributed by atoms with E-state index in [0.717, 1.165) is 0 Å². The number of aliphatic hydroxyl groups is 5. The van der Waals surface area contributed by atoms with Gasteiger partial charge in [0.15, 0.2) is 5.78 Å². The second kappa shape index (κ2) is 6.61. The Hall–Kier alpha value is -1.78. The van der Waals surface area contributed by atoms with Crippen LogP contribution in [0.4, 0.5) is 4.79 Å². The number of rotatable bonds is 1. The Labute approximate surface area is 174 Å². The molecule has 4 aliphatic carbocycles. The Morgan fingerprint density at radius 2 is 1.77 bits per heavy atom. The van der Waals surface area contributed by atoms with Crippen LogP contribution in [0.1, 0.15) is 34.1 Å². The lowest BCUT2D eigenvalue weighted by Crippen LogP contribution is -2.65. The summed E-state index contributed by atoms with van der Waals surface area (Å²) in [5, 5.41) is 62.1. The minimum atomic E-state index is -1.84. The van der Waals surface area contributed by atoms with Crippen LogP contribution in [0.15, 0.2) is 23.3 Å². The summed E-state index contributed by atoms with van der Waals surface area (Å²) in [4.78, 5) is 21.5. The Morgan fingerprint density at radius 1 is 1.23 bits per heavy atom. The van der Waals surface area contributed by atoms with Gasteiger partial charge >= 0.3 is 6.09 Å². The number of ketones is 1. The Morgan fingerprint density at radius 3 is 2.27 bits per heavy atom. The summed E-state index contributed by atoms with van der Waals surface area (Å²) in [7, 11) is 0. The third kappa shape index (κ3) is 2.59. The van der Waals surface area contributed by atoms with Crippen LogP contribution in [0.3, 0.4) is 0 Å². The fourth-order valence-electron chi connectivity index (χ4n) is 6.45. The first-order valence-electron chi connectivity index (χ1n) is 9.99. The van der Waals surface area contributed by atoms with Crippen LogP contribution >= 0.6 is 0 Å². The highest BCUT2D eigenvalue weighted by molar-refractivity contribution is 6.04. The van der Waals surface area contributed by atoms with Crippen molar-refractivity contribution in [2.45, 2.75) is 57.0 Å². The highest BCUT2D eigenvalue weighted by atomic mass is 16.4. The molecule has 0 spiro atoms. The maximum Gasteiger partial charge on any atom is 0.402 e. The molecule has 4 rings (SSSR count). The van der Waals surface area contributed by atoms with Gasteiger partial charge in [0.1, 0.15) is 11.2 Å². The average molecular weight is 425 g/mol. The smallest absolute Gasteiger partial charge is 0.402 e. The lowest BCUT2D eigenvalue weighted by molar-refractivity contribution is -0.209. The van der Waals surface area contributed by atoms with Crippen LogP contribution in [0, 0.1) is 29.1 Å². The Balaban J connectivity index is 0.000000589. The van der Waals surface area contributed by atoms with Gasteiger partial charge in [0.25, 0.3) is 0 Å². The van der Waals surface area contributed by atoms with E-state index < -0.39 is 63.9 Å². The van der Waals surface area contributed by atoms with Crippen LogP contribution < -0.4 is 5.73 Å². The van der Waals surface area contributed by atoms with E-state index in [4.69, 9.17) is 9.90 Å². The summed E-state index contributed by atoms with van der Waals surface area (Å²) in [6.07, 6.45) is 0.751. The zero-order valence-electron chi connectivity index (χ0n) is 17.5. The molecule has 9 heteroatoms. The van der Waals surface area contributed by atoms with Crippen molar-refractivity contribution in [1.29, 1.82) is 0 Å². The summed E-state index contributed by atoms with van der Waals surface area (Å²) < 4.78 is 0. The second-order valence-corrected chi connectivity index (χ2v) is 9.75. The fourth-order valence-corrected chi connectivity index (χ4v) is 6.45. The van der Waals surface area contributed by atoms with Gasteiger partial charge in [-0.15, -0.1) is 0 Å². The van der Waals surface area contributed by atoms with E-state index in [1.165, 1.54) is 0 Å². The van der Waals surface area contributed by atoms with Crippen LogP contribution in [0.5, 0.6) is 0 Å². The number of aliphatic hydroxyl groups excluding tert-OH is 2. The lowest BCUT2D eigenvalue weighted by Gasteiger charge is -2.51. The minimum absolute atomic E-state index is 0.0615. The molecule has 0 saturated heterocycles. The molecule has 0 aromatic heterocycles. The maximum atomic E-state index is 12.7. The Kier molecular flexibility index (Phi) is 5.04. The molecule has 0 aromatic carbocycles. The molecule has 30 heavy (non-hydrogen) atoms. The zero-order chi connectivity index (χ0) is 23.0. The van der Waals surface area contributed by atoms with Gasteiger partial charge in [0.05, 0.1) is 18.3 Å². The van der Waals surface area contributed by atoms with Gasteiger partial charge in [-0.1, -0.05) is 32.9 Å². The molecule has 2 fully saturated rings. The second-order valence-electron chi connectivity index (χ2n) is 9.75. The maximum absolute atomic E-state index is 12.7. The lowest BCUT2D eigenvalue weighted by atomic mass is 9.59. The number of nitrogens with two attached hydrogens (primary N) is 1. The van der Waals surface area contributed by atoms with Crippen molar-refractivity contribution in [1.82, 2.24) is 0 Å². The van der Waals surface area contributed by atoms with E-state index in [2.05, 4.69) is 5.73 Å². The van der Waals surface area contributed by atoms with Gasteiger partial charge < -0.3 is 36.4 Å². The summed E-state index contributed by atoms with van der Waals surface area (Å²) in [5.74, 6) is -3.14. The van der Waals surface area contributed by atoms with Gasteiger partial charge in [0, 0.05) is 35.5 Å². The van der Waals surface area contributed by atoms with Crippen LogP contribution in [0.2, 0.25) is 0 Å². The first-order chi connectivity index (χ1) is 13.6. The number of carbonyl (C=O) groups excluding carboxylic acids is 1. The number of hydrogen-bond donors (Lipinski definition) is 7. The number of hydrogen-bond acceptors (Lipinski definition) is 7. The molecular formula is C21H31NO8. The number of Topliss-reactive ketones (excluding diaryl/α,β-unsaturated/α-hetero) is 1. The molecular weight excluding hydrogens is 394 g/mol. The van der Waals surface area contributed by atoms with Crippen molar-refractivity contribution in [3.05, 3.63) is 23.3 Å². The largest absolute Gasteiger partial charge is 0.465 e. The first kappa shape index (κ1) is 22.9. The normalized spacial score (nSPS) is 48.0. The summed E-state index contributed by atoms with van der Waals surface area (Å²) >= 11 is 0. The van der Waals surface area contributed by atoms with Gasteiger partial charge in [-0.3, -0.25) is 4.79 Å². The topological polar surface area (TPSA) is 182 Å². The van der Waals surface area contributed by atoms with Crippen molar-refractivity contribution in [3.63, 3.8) is 0 Å². The monoisotopic (exact) mass is 425 g/mol. The molecule has 168 valence electrons. The quantitative estimate of drug-likeness (QED) is 0.276. The van der Waals surface area contributed by atoms with Gasteiger partial charge in [-0.2, -0.15) is 0 Å². The molecule has 0 aliphatic heterocycles. The van der Waals surface area contributed by atoms with Crippen LogP contribution in [-0.4, -0.2) is 72.0 Å². The molecule has 9 nitrogen and oxygen atoms in total. The van der Waals surface area contributed by atoms with Gasteiger partial charge in [0.2, 0.25) is 0 Å². The number of primary amides is 1.